The second kappa shape index (κ2) is 6.15. The van der Waals surface area contributed by atoms with E-state index in [9.17, 15) is 14.4 Å². The van der Waals surface area contributed by atoms with Gasteiger partial charge in [0.05, 0.1) is 23.5 Å². The summed E-state index contributed by atoms with van der Waals surface area (Å²) >= 11 is 0. The average Bonchev–Trinajstić information content (AvgIpc) is 3.21. The molecule has 1 aliphatic heterocycles. The molecule has 0 aliphatic carbocycles. The number of aromatic nitrogens is 2. The van der Waals surface area contributed by atoms with Crippen LogP contribution < -0.4 is 5.43 Å². The molecule has 26 heavy (non-hydrogen) atoms. The summed E-state index contributed by atoms with van der Waals surface area (Å²) in [6.07, 6.45) is 4.68. The number of carbonyl (C=O) groups excluding carboxylic acids is 2. The number of hydrogen-bond donors (Lipinski definition) is 0. The van der Waals surface area contributed by atoms with Crippen LogP contribution in [0.15, 0.2) is 59.5 Å². The summed E-state index contributed by atoms with van der Waals surface area (Å²) in [6, 6.07) is 10.7. The van der Waals surface area contributed by atoms with Crippen LogP contribution in [0.1, 0.15) is 17.3 Å². The maximum Gasteiger partial charge on any atom is 0.330 e. The summed E-state index contributed by atoms with van der Waals surface area (Å²) in [7, 11) is 0. The van der Waals surface area contributed by atoms with Gasteiger partial charge in [-0.1, -0.05) is 18.2 Å². The quantitative estimate of drug-likeness (QED) is 0.420. The van der Waals surface area contributed by atoms with E-state index in [0.29, 0.717) is 35.4 Å². The molecule has 0 bridgehead atoms. The molecule has 0 fully saturated rings. The van der Waals surface area contributed by atoms with Gasteiger partial charge in [-0.2, -0.15) is 0 Å². The lowest BCUT2D eigenvalue weighted by Gasteiger charge is -2.14. The molecule has 0 saturated heterocycles. The minimum atomic E-state index is -0.422. The molecular weight excluding hydrogens is 332 g/mol. The molecule has 0 amide bonds. The van der Waals surface area contributed by atoms with Crippen molar-refractivity contribution in [2.45, 2.75) is 13.5 Å². The molecule has 0 spiro atoms. The van der Waals surface area contributed by atoms with Crippen molar-refractivity contribution in [3.8, 4) is 11.4 Å². The molecule has 3 aromatic rings. The van der Waals surface area contributed by atoms with Crippen LogP contribution in [-0.2, 0) is 16.1 Å². The van der Waals surface area contributed by atoms with Gasteiger partial charge < -0.3 is 9.30 Å². The first-order chi connectivity index (χ1) is 12.6. The van der Waals surface area contributed by atoms with Crippen molar-refractivity contribution in [3.05, 3.63) is 70.5 Å². The number of para-hydroxylation sites is 1. The zero-order valence-corrected chi connectivity index (χ0v) is 14.1. The minimum Gasteiger partial charge on any atom is -0.463 e. The number of carbonyl (C=O) groups is 2. The Morgan fingerprint density at radius 1 is 1.15 bits per heavy atom. The zero-order valence-electron chi connectivity index (χ0n) is 14.1. The highest BCUT2D eigenvalue weighted by molar-refractivity contribution is 6.10. The van der Waals surface area contributed by atoms with Crippen molar-refractivity contribution in [1.29, 1.82) is 0 Å². The first-order valence-corrected chi connectivity index (χ1v) is 8.34. The Balaban J connectivity index is 1.94. The number of benzene rings is 1. The highest BCUT2D eigenvalue weighted by Crippen LogP contribution is 2.32. The fourth-order valence-corrected chi connectivity index (χ4v) is 3.37. The molecule has 6 nitrogen and oxygen atoms in total. The van der Waals surface area contributed by atoms with Gasteiger partial charge in [0.1, 0.15) is 5.56 Å². The summed E-state index contributed by atoms with van der Waals surface area (Å²) < 4.78 is 8.27. The van der Waals surface area contributed by atoms with Crippen molar-refractivity contribution in [2.24, 2.45) is 0 Å². The number of pyridine rings is 1. The maximum absolute atomic E-state index is 12.9. The molecule has 0 radical (unpaired) electrons. The lowest BCUT2D eigenvalue weighted by atomic mass is 10.1. The molecule has 1 aliphatic rings. The van der Waals surface area contributed by atoms with Gasteiger partial charge in [0.15, 0.2) is 0 Å². The first-order valence-electron chi connectivity index (χ1n) is 8.34. The second-order valence-electron chi connectivity index (χ2n) is 5.90. The Labute approximate surface area is 148 Å². The van der Waals surface area contributed by atoms with Crippen LogP contribution in [0, 0.1) is 0 Å². The van der Waals surface area contributed by atoms with E-state index in [2.05, 4.69) is 0 Å². The molecule has 6 heteroatoms. The van der Waals surface area contributed by atoms with E-state index in [1.807, 2.05) is 22.8 Å². The van der Waals surface area contributed by atoms with Crippen LogP contribution in [0.2, 0.25) is 0 Å². The fraction of sp³-hybridized carbons (Fsp3) is 0.150. The number of nitrogens with zero attached hydrogens (tertiary/aromatic N) is 2. The van der Waals surface area contributed by atoms with E-state index < -0.39 is 5.97 Å². The second-order valence-corrected chi connectivity index (χ2v) is 5.90. The van der Waals surface area contributed by atoms with Crippen molar-refractivity contribution >= 4 is 22.8 Å². The van der Waals surface area contributed by atoms with Crippen LogP contribution >= 0.6 is 0 Å². The Morgan fingerprint density at radius 2 is 1.96 bits per heavy atom. The van der Waals surface area contributed by atoms with E-state index in [4.69, 9.17) is 4.74 Å². The molecule has 130 valence electrons. The highest BCUT2D eigenvalue weighted by atomic mass is 16.5. The van der Waals surface area contributed by atoms with Crippen molar-refractivity contribution in [2.75, 3.05) is 6.61 Å². The van der Waals surface area contributed by atoms with Gasteiger partial charge in [0.2, 0.25) is 5.43 Å². The highest BCUT2D eigenvalue weighted by Gasteiger charge is 2.32. The smallest absolute Gasteiger partial charge is 0.330 e. The topological polar surface area (TPSA) is 70.3 Å². The Kier molecular flexibility index (Phi) is 3.80. The third-order valence-corrected chi connectivity index (χ3v) is 4.43. The van der Waals surface area contributed by atoms with Crippen molar-refractivity contribution in [1.82, 2.24) is 9.13 Å². The zero-order chi connectivity index (χ0) is 18.3. The van der Waals surface area contributed by atoms with E-state index in [-0.39, 0.29) is 16.9 Å². The van der Waals surface area contributed by atoms with E-state index >= 15 is 0 Å². The van der Waals surface area contributed by atoms with Gasteiger partial charge in [0.25, 0.3) is 5.91 Å². The number of allylic oxidation sites excluding steroid dienone is 1. The summed E-state index contributed by atoms with van der Waals surface area (Å²) in [5.74, 6) is -0.743. The van der Waals surface area contributed by atoms with Gasteiger partial charge in [0, 0.05) is 24.2 Å². The van der Waals surface area contributed by atoms with Gasteiger partial charge in [-0.3, -0.25) is 14.2 Å². The number of rotatable bonds is 4. The lowest BCUT2D eigenvalue weighted by molar-refractivity contribution is -0.137. The average molecular weight is 348 g/mol. The Morgan fingerprint density at radius 3 is 2.77 bits per heavy atom. The van der Waals surface area contributed by atoms with E-state index in [1.54, 1.807) is 37.4 Å². The van der Waals surface area contributed by atoms with E-state index in [0.717, 1.165) is 0 Å². The molecular formula is C20H16N2O4. The molecule has 0 unspecified atom stereocenters. The molecule has 0 atom stereocenters. The van der Waals surface area contributed by atoms with Gasteiger partial charge in [-0.25, -0.2) is 4.79 Å². The van der Waals surface area contributed by atoms with Gasteiger partial charge in [-0.15, -0.1) is 0 Å². The molecule has 2 aromatic heterocycles. The predicted molar refractivity (Wildman–Crippen MR) is 97.1 cm³/mol. The summed E-state index contributed by atoms with van der Waals surface area (Å²) in [5, 5.41) is 0.481. The van der Waals surface area contributed by atoms with Crippen LogP contribution in [0.25, 0.3) is 22.3 Å². The Hall–Kier alpha value is -3.41. The third-order valence-electron chi connectivity index (χ3n) is 4.43. The van der Waals surface area contributed by atoms with Crippen LogP contribution in [0.4, 0.5) is 0 Å². The molecule has 4 rings (SSSR count). The summed E-state index contributed by atoms with van der Waals surface area (Å²) in [4.78, 5) is 37.1. The summed E-state index contributed by atoms with van der Waals surface area (Å²) in [6.45, 7) is 2.38. The number of ether oxygens (including phenoxy) is 1. The molecule has 0 saturated carbocycles. The molecule has 0 N–H and O–H groups in total. The summed E-state index contributed by atoms with van der Waals surface area (Å²) in [5.41, 5.74) is 1.88. The largest absolute Gasteiger partial charge is 0.463 e. The fourth-order valence-electron chi connectivity index (χ4n) is 3.37. The Bertz CT molecular complexity index is 1130. The van der Waals surface area contributed by atoms with E-state index in [1.165, 1.54) is 10.6 Å². The molecule has 3 heterocycles. The predicted octanol–water partition coefficient (Wildman–Crippen LogP) is 2.59. The standard InChI is InChI=1S/C20H16N2O4/c1-2-26-16(23)10-6-11-21-14-8-4-3-7-13(14)19(24)17-18(21)15-9-5-12-22(15)20(17)25/h3-10,12H,2,11H2,1H3/b10-6+. The lowest BCUT2D eigenvalue weighted by Crippen LogP contribution is -2.20. The third kappa shape index (κ3) is 2.30. The van der Waals surface area contributed by atoms with Crippen LogP contribution in [0.3, 0.4) is 0 Å². The number of fused-ring (bicyclic) bond motifs is 4. The van der Waals surface area contributed by atoms with Crippen molar-refractivity contribution in [3.63, 3.8) is 0 Å². The normalized spacial score (nSPS) is 12.6. The first kappa shape index (κ1) is 16.1. The van der Waals surface area contributed by atoms with Gasteiger partial charge >= 0.3 is 5.97 Å². The van der Waals surface area contributed by atoms with Crippen LogP contribution in [-0.4, -0.2) is 27.6 Å². The number of esters is 1. The van der Waals surface area contributed by atoms with Gasteiger partial charge in [-0.05, 0) is 31.2 Å². The number of hydrogen-bond acceptors (Lipinski definition) is 4. The molecule has 1 aromatic carbocycles. The van der Waals surface area contributed by atoms with Crippen molar-refractivity contribution < 1.29 is 14.3 Å². The maximum atomic E-state index is 12.9. The SMILES string of the molecule is CCOC(=O)/C=C/Cn1c2c(c(=O)c3ccccc31)C(=O)n1cccc1-2. The monoisotopic (exact) mass is 348 g/mol. The van der Waals surface area contributed by atoms with Crippen LogP contribution in [0.5, 0.6) is 0 Å². The minimum absolute atomic E-state index is 0.170.